The van der Waals surface area contributed by atoms with Crippen molar-refractivity contribution in [3.8, 4) is 11.1 Å². The molecule has 1 amide bonds. The molecule has 0 fully saturated rings. The highest BCUT2D eigenvalue weighted by molar-refractivity contribution is 6.50. The number of hydrogen-bond acceptors (Lipinski definition) is 4. The zero-order valence-electron chi connectivity index (χ0n) is 19.5. The lowest BCUT2D eigenvalue weighted by Crippen LogP contribution is -2.25. The first kappa shape index (κ1) is 23.1. The number of carbonyl (C=O) groups excluding carboxylic acids is 1. The van der Waals surface area contributed by atoms with Crippen molar-refractivity contribution in [2.75, 3.05) is 17.2 Å². The topological polar surface area (TPSA) is 102 Å². The molecule has 0 atom stereocenters. The summed E-state index contributed by atoms with van der Waals surface area (Å²) in [6.07, 6.45) is 3.65. The zero-order chi connectivity index (χ0) is 25.1. The normalized spacial score (nSPS) is 12.9. The predicted octanol–water partition coefficient (Wildman–Crippen LogP) is 5.99. The van der Waals surface area contributed by atoms with Crippen LogP contribution in [-0.2, 0) is 16.0 Å². The van der Waals surface area contributed by atoms with Gasteiger partial charge in [0.25, 0.3) is 5.91 Å². The van der Waals surface area contributed by atoms with Crippen LogP contribution in [0.5, 0.6) is 0 Å². The van der Waals surface area contributed by atoms with Crippen molar-refractivity contribution in [3.63, 3.8) is 0 Å². The van der Waals surface area contributed by atoms with Gasteiger partial charge in [-0.05, 0) is 88.3 Å². The molecule has 0 saturated heterocycles. The third-order valence-corrected chi connectivity index (χ3v) is 6.31. The molecular weight excluding hydrogens is 450 g/mol. The van der Waals surface area contributed by atoms with Crippen LogP contribution < -0.4 is 10.6 Å². The molecule has 0 saturated carbocycles. The van der Waals surface area contributed by atoms with E-state index in [4.69, 9.17) is 5.41 Å². The molecule has 0 spiro atoms. The molecule has 0 unspecified atom stereocenters. The van der Waals surface area contributed by atoms with Gasteiger partial charge in [0.05, 0.1) is 5.57 Å². The van der Waals surface area contributed by atoms with Gasteiger partial charge in [0.2, 0.25) is 0 Å². The Hall–Kier alpha value is -4.71. The number of para-hydroxylation sites is 1. The molecule has 1 aliphatic rings. The van der Waals surface area contributed by atoms with Gasteiger partial charge in [0, 0.05) is 17.9 Å². The monoisotopic (exact) mass is 475 g/mol. The highest BCUT2D eigenvalue weighted by atomic mass is 16.4. The third kappa shape index (κ3) is 4.88. The van der Waals surface area contributed by atoms with Crippen molar-refractivity contribution in [2.45, 2.75) is 12.8 Å². The molecule has 4 aromatic rings. The molecule has 5 rings (SSSR count). The maximum atomic E-state index is 12.8. The van der Waals surface area contributed by atoms with E-state index in [2.05, 4.69) is 41.0 Å². The van der Waals surface area contributed by atoms with Crippen molar-refractivity contribution < 1.29 is 14.7 Å². The van der Waals surface area contributed by atoms with Crippen LogP contribution in [0, 0.1) is 5.41 Å². The van der Waals surface area contributed by atoms with E-state index in [1.807, 2.05) is 30.3 Å². The van der Waals surface area contributed by atoms with Gasteiger partial charge in [-0.25, -0.2) is 4.79 Å². The number of carboxylic acid groups (broad SMARTS) is 1. The Morgan fingerprint density at radius 3 is 2.42 bits per heavy atom. The first-order valence-corrected chi connectivity index (χ1v) is 11.8. The van der Waals surface area contributed by atoms with Gasteiger partial charge < -0.3 is 15.7 Å². The number of rotatable bonds is 6. The number of fused-ring (bicyclic) bond motifs is 2. The standard InChI is InChI=1S/C30H25N3O3/c31-28(30(35)36)26(29(34)33-25-6-2-1-3-7-25)16-19-8-9-21-17-22(11-10-20(21)15-19)23-12-13-27-24(18-23)5-4-14-32-27/h1-3,6-13,15-18,31-32H,4-5,14H2,(H,33,34)(H,35,36)/b26-16-,31-28?. The number of carbonyl (C=O) groups is 2. The average Bonchev–Trinajstić information content (AvgIpc) is 2.91. The number of amides is 1. The smallest absolute Gasteiger partial charge is 0.354 e. The Kier molecular flexibility index (Phi) is 6.33. The van der Waals surface area contributed by atoms with Crippen LogP contribution >= 0.6 is 0 Å². The van der Waals surface area contributed by atoms with Crippen molar-refractivity contribution in [3.05, 3.63) is 102 Å². The number of aliphatic carboxylic acids is 1. The number of anilines is 2. The molecule has 0 aromatic heterocycles. The third-order valence-electron chi connectivity index (χ3n) is 6.31. The van der Waals surface area contributed by atoms with Crippen LogP contribution in [0.3, 0.4) is 0 Å². The fraction of sp³-hybridized carbons (Fsp3) is 0.100. The van der Waals surface area contributed by atoms with E-state index in [9.17, 15) is 14.7 Å². The second-order valence-electron chi connectivity index (χ2n) is 8.78. The predicted molar refractivity (Wildman–Crippen MR) is 145 cm³/mol. The minimum Gasteiger partial charge on any atom is -0.477 e. The SMILES string of the molecule is N=C(C(=O)O)/C(=C/c1ccc2cc(-c3ccc4c(c3)CCCN4)ccc2c1)C(=O)Nc1ccccc1. The molecule has 0 radical (unpaired) electrons. The van der Waals surface area contributed by atoms with Crippen LogP contribution in [-0.4, -0.2) is 29.2 Å². The quantitative estimate of drug-likeness (QED) is 0.203. The van der Waals surface area contributed by atoms with Crippen LogP contribution in [0.4, 0.5) is 11.4 Å². The highest BCUT2D eigenvalue weighted by Crippen LogP contribution is 2.30. The second kappa shape index (κ2) is 9.88. The molecule has 1 aliphatic heterocycles. The molecule has 4 N–H and O–H groups in total. The first-order chi connectivity index (χ1) is 17.5. The average molecular weight is 476 g/mol. The van der Waals surface area contributed by atoms with E-state index in [0.29, 0.717) is 11.3 Å². The van der Waals surface area contributed by atoms with E-state index in [-0.39, 0.29) is 5.57 Å². The summed E-state index contributed by atoms with van der Waals surface area (Å²) in [5.41, 5.74) is 5.01. The summed E-state index contributed by atoms with van der Waals surface area (Å²) in [5.74, 6) is -2.11. The maximum absolute atomic E-state index is 12.8. The molecule has 6 heteroatoms. The van der Waals surface area contributed by atoms with Crippen LogP contribution in [0.2, 0.25) is 0 Å². The molecular formula is C30H25N3O3. The van der Waals surface area contributed by atoms with Crippen LogP contribution in [0.25, 0.3) is 28.0 Å². The summed E-state index contributed by atoms with van der Waals surface area (Å²) in [7, 11) is 0. The van der Waals surface area contributed by atoms with Gasteiger partial charge in [-0.1, -0.05) is 48.5 Å². The number of nitrogens with one attached hydrogen (secondary N) is 3. The molecule has 1 heterocycles. The molecule has 0 bridgehead atoms. The summed E-state index contributed by atoms with van der Waals surface area (Å²) in [4.78, 5) is 24.4. The van der Waals surface area contributed by atoms with E-state index >= 15 is 0 Å². The molecule has 36 heavy (non-hydrogen) atoms. The van der Waals surface area contributed by atoms with E-state index in [0.717, 1.165) is 41.3 Å². The van der Waals surface area contributed by atoms with Crippen molar-refractivity contribution in [2.24, 2.45) is 0 Å². The fourth-order valence-corrected chi connectivity index (χ4v) is 4.44. The molecule has 6 nitrogen and oxygen atoms in total. The van der Waals surface area contributed by atoms with E-state index in [1.165, 1.54) is 17.3 Å². The summed E-state index contributed by atoms with van der Waals surface area (Å²) in [6.45, 7) is 1.01. The van der Waals surface area contributed by atoms with Crippen molar-refractivity contribution in [1.29, 1.82) is 5.41 Å². The second-order valence-corrected chi connectivity index (χ2v) is 8.78. The van der Waals surface area contributed by atoms with Gasteiger partial charge in [-0.15, -0.1) is 0 Å². The van der Waals surface area contributed by atoms with Crippen LogP contribution in [0.1, 0.15) is 17.5 Å². The molecule has 178 valence electrons. The summed E-state index contributed by atoms with van der Waals surface area (Å²) >= 11 is 0. The summed E-state index contributed by atoms with van der Waals surface area (Å²) < 4.78 is 0. The lowest BCUT2D eigenvalue weighted by molar-refractivity contribution is -0.129. The van der Waals surface area contributed by atoms with Gasteiger partial charge in [-0.3, -0.25) is 10.2 Å². The van der Waals surface area contributed by atoms with Gasteiger partial charge in [-0.2, -0.15) is 0 Å². The van der Waals surface area contributed by atoms with Crippen molar-refractivity contribution in [1.82, 2.24) is 0 Å². The fourth-order valence-electron chi connectivity index (χ4n) is 4.44. The maximum Gasteiger partial charge on any atom is 0.354 e. The number of aryl methyl sites for hydroxylation is 1. The number of hydrogen-bond donors (Lipinski definition) is 4. The minimum atomic E-state index is -1.46. The lowest BCUT2D eigenvalue weighted by atomic mass is 9.95. The summed E-state index contributed by atoms with van der Waals surface area (Å²) in [6, 6.07) is 27.1. The van der Waals surface area contributed by atoms with Crippen LogP contribution in [0.15, 0.2) is 90.5 Å². The van der Waals surface area contributed by atoms with Gasteiger partial charge in [0.15, 0.2) is 5.71 Å². The largest absolute Gasteiger partial charge is 0.477 e. The van der Waals surface area contributed by atoms with E-state index < -0.39 is 17.6 Å². The molecule has 4 aromatic carbocycles. The highest BCUT2D eigenvalue weighted by Gasteiger charge is 2.21. The Morgan fingerprint density at radius 2 is 1.61 bits per heavy atom. The number of benzene rings is 4. The van der Waals surface area contributed by atoms with Crippen molar-refractivity contribution >= 4 is 45.8 Å². The first-order valence-electron chi connectivity index (χ1n) is 11.8. The Bertz CT molecular complexity index is 1520. The Balaban J connectivity index is 1.46. The van der Waals surface area contributed by atoms with E-state index in [1.54, 1.807) is 24.3 Å². The molecule has 0 aliphatic carbocycles. The number of carboxylic acids is 1. The van der Waals surface area contributed by atoms with Gasteiger partial charge in [0.1, 0.15) is 0 Å². The zero-order valence-corrected chi connectivity index (χ0v) is 19.5. The Labute approximate surface area is 208 Å². The van der Waals surface area contributed by atoms with Gasteiger partial charge >= 0.3 is 5.97 Å². The summed E-state index contributed by atoms with van der Waals surface area (Å²) in [5, 5.41) is 25.4. The minimum absolute atomic E-state index is 0.218. The Morgan fingerprint density at radius 1 is 0.889 bits per heavy atom. The lowest BCUT2D eigenvalue weighted by Gasteiger charge is -2.18.